The zero-order valence-corrected chi connectivity index (χ0v) is 12.9. The number of benzene rings is 2. The summed E-state index contributed by atoms with van der Waals surface area (Å²) in [7, 11) is 0. The first-order valence-corrected chi connectivity index (χ1v) is 7.62. The molecule has 0 unspecified atom stereocenters. The summed E-state index contributed by atoms with van der Waals surface area (Å²) in [5, 5.41) is 9.14. The molecule has 3 N–H and O–H groups in total. The van der Waals surface area contributed by atoms with E-state index < -0.39 is 0 Å². The van der Waals surface area contributed by atoms with E-state index in [-0.39, 0.29) is 6.03 Å². The van der Waals surface area contributed by atoms with E-state index in [1.807, 2.05) is 24.3 Å². The Kier molecular flexibility index (Phi) is 4.00. The Labute approximate surface area is 130 Å². The Balaban J connectivity index is 1.62. The fourth-order valence-electron chi connectivity index (χ4n) is 2.33. The Bertz CT molecular complexity index is 675. The number of hydrogen-bond donors (Lipinski definition) is 3. The molecule has 0 spiro atoms. The Hall–Kier alpha value is -2.49. The zero-order chi connectivity index (χ0) is 15.5. The van der Waals surface area contributed by atoms with Gasteiger partial charge in [0.2, 0.25) is 0 Å². The second kappa shape index (κ2) is 6.10. The molecule has 0 radical (unpaired) electrons. The average molecular weight is 295 g/mol. The molecule has 1 fully saturated rings. The summed E-state index contributed by atoms with van der Waals surface area (Å²) >= 11 is 0. The summed E-state index contributed by atoms with van der Waals surface area (Å²) in [6.07, 6.45) is 2.18. The minimum atomic E-state index is -0.127. The van der Waals surface area contributed by atoms with Crippen LogP contribution in [0.15, 0.2) is 42.5 Å². The van der Waals surface area contributed by atoms with E-state index in [4.69, 9.17) is 0 Å². The lowest BCUT2D eigenvalue weighted by atomic mass is 10.1. The molecule has 1 saturated carbocycles. The van der Waals surface area contributed by atoms with Gasteiger partial charge in [-0.05, 0) is 62.6 Å². The number of carbonyl (C=O) groups is 1. The van der Waals surface area contributed by atoms with Crippen LogP contribution in [0.5, 0.6) is 0 Å². The fraction of sp³-hybridized carbons (Fsp3) is 0.278. The van der Waals surface area contributed by atoms with Crippen LogP contribution in [0.3, 0.4) is 0 Å². The molecule has 22 heavy (non-hydrogen) atoms. The van der Waals surface area contributed by atoms with Crippen LogP contribution in [-0.2, 0) is 0 Å². The highest BCUT2D eigenvalue weighted by Crippen LogP contribution is 2.23. The summed E-state index contributed by atoms with van der Waals surface area (Å²) < 4.78 is 0. The molecule has 3 rings (SSSR count). The topological polar surface area (TPSA) is 53.2 Å². The quantitative estimate of drug-likeness (QED) is 0.786. The normalized spacial score (nSPS) is 13.5. The van der Waals surface area contributed by atoms with Gasteiger partial charge in [-0.2, -0.15) is 0 Å². The van der Waals surface area contributed by atoms with Gasteiger partial charge >= 0.3 is 6.03 Å². The Morgan fingerprint density at radius 2 is 1.68 bits per heavy atom. The maximum Gasteiger partial charge on any atom is 0.319 e. The molecule has 114 valence electrons. The van der Waals surface area contributed by atoms with Gasteiger partial charge in [-0.1, -0.05) is 17.7 Å². The molecule has 4 heteroatoms. The third-order valence-electron chi connectivity index (χ3n) is 3.72. The predicted octanol–water partition coefficient (Wildman–Crippen LogP) is 4.33. The second-order valence-corrected chi connectivity index (χ2v) is 5.89. The monoisotopic (exact) mass is 295 g/mol. The molecule has 1 aliphatic rings. The first-order valence-electron chi connectivity index (χ1n) is 7.62. The highest BCUT2D eigenvalue weighted by atomic mass is 16.2. The fourth-order valence-corrected chi connectivity index (χ4v) is 2.33. The standard InChI is InChI=1S/C18H21N3O/c1-12-3-10-17(13(2)11-12)19-14-4-6-15(7-5-14)20-18(22)21-16-8-9-16/h3-7,10-11,16,19H,8-9H2,1-2H3,(H2,20,21,22). The van der Waals surface area contributed by atoms with Gasteiger partial charge in [0.1, 0.15) is 0 Å². The second-order valence-electron chi connectivity index (χ2n) is 5.89. The minimum Gasteiger partial charge on any atom is -0.355 e. The number of urea groups is 1. The van der Waals surface area contributed by atoms with Crippen LogP contribution in [0, 0.1) is 13.8 Å². The van der Waals surface area contributed by atoms with Crippen molar-refractivity contribution in [2.24, 2.45) is 0 Å². The van der Waals surface area contributed by atoms with Crippen LogP contribution in [0.25, 0.3) is 0 Å². The molecular formula is C18H21N3O. The van der Waals surface area contributed by atoms with Gasteiger partial charge < -0.3 is 16.0 Å². The maximum absolute atomic E-state index is 11.7. The lowest BCUT2D eigenvalue weighted by Crippen LogP contribution is -2.30. The van der Waals surface area contributed by atoms with Gasteiger partial charge in [-0.15, -0.1) is 0 Å². The van der Waals surface area contributed by atoms with E-state index in [0.29, 0.717) is 6.04 Å². The molecule has 0 bridgehead atoms. The lowest BCUT2D eigenvalue weighted by Gasteiger charge is -2.11. The van der Waals surface area contributed by atoms with Crippen molar-refractivity contribution >= 4 is 23.1 Å². The summed E-state index contributed by atoms with van der Waals surface area (Å²) in [5.41, 5.74) is 5.36. The summed E-state index contributed by atoms with van der Waals surface area (Å²) in [5.74, 6) is 0. The number of carbonyl (C=O) groups excluding carboxylic acids is 1. The minimum absolute atomic E-state index is 0.127. The Morgan fingerprint density at radius 1 is 1.00 bits per heavy atom. The van der Waals surface area contributed by atoms with Crippen LogP contribution in [0.4, 0.5) is 21.9 Å². The van der Waals surface area contributed by atoms with Gasteiger partial charge in [-0.25, -0.2) is 4.79 Å². The van der Waals surface area contributed by atoms with Crippen molar-refractivity contribution in [2.45, 2.75) is 32.7 Å². The largest absolute Gasteiger partial charge is 0.355 e. The number of aryl methyl sites for hydroxylation is 2. The lowest BCUT2D eigenvalue weighted by molar-refractivity contribution is 0.251. The smallest absolute Gasteiger partial charge is 0.319 e. The van der Waals surface area contributed by atoms with Crippen molar-refractivity contribution in [3.05, 3.63) is 53.6 Å². The van der Waals surface area contributed by atoms with Crippen molar-refractivity contribution in [3.63, 3.8) is 0 Å². The van der Waals surface area contributed by atoms with E-state index in [1.54, 1.807) is 0 Å². The first-order chi connectivity index (χ1) is 10.6. The molecule has 0 saturated heterocycles. The molecule has 0 atom stereocenters. The number of nitrogens with one attached hydrogen (secondary N) is 3. The van der Waals surface area contributed by atoms with Crippen LogP contribution in [0.2, 0.25) is 0 Å². The SMILES string of the molecule is Cc1ccc(Nc2ccc(NC(=O)NC3CC3)cc2)c(C)c1. The molecular weight excluding hydrogens is 274 g/mol. The number of rotatable bonds is 4. The van der Waals surface area contributed by atoms with Crippen molar-refractivity contribution in [2.75, 3.05) is 10.6 Å². The van der Waals surface area contributed by atoms with Crippen LogP contribution in [0.1, 0.15) is 24.0 Å². The van der Waals surface area contributed by atoms with E-state index in [9.17, 15) is 4.79 Å². The van der Waals surface area contributed by atoms with Crippen molar-refractivity contribution in [3.8, 4) is 0 Å². The number of anilines is 3. The van der Waals surface area contributed by atoms with Gasteiger partial charge in [-0.3, -0.25) is 0 Å². The first kappa shape index (κ1) is 14.4. The third-order valence-corrected chi connectivity index (χ3v) is 3.72. The van der Waals surface area contributed by atoms with Crippen LogP contribution < -0.4 is 16.0 Å². The van der Waals surface area contributed by atoms with E-state index in [2.05, 4.69) is 48.0 Å². The van der Waals surface area contributed by atoms with Crippen LogP contribution in [-0.4, -0.2) is 12.1 Å². The molecule has 0 heterocycles. The molecule has 2 aromatic rings. The van der Waals surface area contributed by atoms with E-state index in [0.717, 1.165) is 29.9 Å². The molecule has 0 aliphatic heterocycles. The van der Waals surface area contributed by atoms with Crippen molar-refractivity contribution < 1.29 is 4.79 Å². The van der Waals surface area contributed by atoms with Gasteiger partial charge in [0.25, 0.3) is 0 Å². The molecule has 2 amide bonds. The van der Waals surface area contributed by atoms with Crippen molar-refractivity contribution in [1.82, 2.24) is 5.32 Å². The highest BCUT2D eigenvalue weighted by Gasteiger charge is 2.23. The summed E-state index contributed by atoms with van der Waals surface area (Å²) in [4.78, 5) is 11.7. The summed E-state index contributed by atoms with van der Waals surface area (Å²) in [6.45, 7) is 4.18. The number of hydrogen-bond acceptors (Lipinski definition) is 2. The zero-order valence-electron chi connectivity index (χ0n) is 12.9. The maximum atomic E-state index is 11.7. The van der Waals surface area contributed by atoms with Gasteiger partial charge in [0.05, 0.1) is 0 Å². The Morgan fingerprint density at radius 3 is 2.32 bits per heavy atom. The molecule has 4 nitrogen and oxygen atoms in total. The van der Waals surface area contributed by atoms with Gasteiger partial charge in [0, 0.05) is 23.1 Å². The predicted molar refractivity (Wildman–Crippen MR) is 90.8 cm³/mol. The van der Waals surface area contributed by atoms with Crippen molar-refractivity contribution in [1.29, 1.82) is 0 Å². The third kappa shape index (κ3) is 3.79. The van der Waals surface area contributed by atoms with Crippen LogP contribution >= 0.6 is 0 Å². The summed E-state index contributed by atoms with van der Waals surface area (Å²) in [6, 6.07) is 14.3. The van der Waals surface area contributed by atoms with E-state index >= 15 is 0 Å². The molecule has 1 aliphatic carbocycles. The molecule has 2 aromatic carbocycles. The van der Waals surface area contributed by atoms with Gasteiger partial charge in [0.15, 0.2) is 0 Å². The average Bonchev–Trinajstić information content (AvgIpc) is 3.28. The highest BCUT2D eigenvalue weighted by molar-refractivity contribution is 5.89. The van der Waals surface area contributed by atoms with E-state index in [1.165, 1.54) is 11.1 Å². The number of amides is 2. The molecule has 0 aromatic heterocycles.